The Morgan fingerprint density at radius 2 is 1.74 bits per heavy atom. The molecule has 2 aliphatic rings. The van der Waals surface area contributed by atoms with E-state index in [1.54, 1.807) is 23.1 Å². The van der Waals surface area contributed by atoms with Gasteiger partial charge in [-0.3, -0.25) is 9.59 Å². The lowest BCUT2D eigenvalue weighted by molar-refractivity contribution is -0.191. The number of nitrogens with one attached hydrogen (secondary N) is 1. The number of morpholine rings is 1. The number of amides is 2. The number of carbonyl (C=O) groups is 3. The molecule has 2 saturated heterocycles. The van der Waals surface area contributed by atoms with E-state index in [1.165, 1.54) is 10.7 Å². The van der Waals surface area contributed by atoms with E-state index in [2.05, 4.69) is 22.2 Å². The van der Waals surface area contributed by atoms with Crippen molar-refractivity contribution in [3.05, 3.63) is 84.5 Å². The van der Waals surface area contributed by atoms with Gasteiger partial charge >= 0.3 is 12.1 Å². The lowest BCUT2D eigenvalue weighted by Gasteiger charge is -2.40. The van der Waals surface area contributed by atoms with Crippen molar-refractivity contribution in [2.75, 3.05) is 45.9 Å². The molecule has 0 saturated carbocycles. The van der Waals surface area contributed by atoms with Crippen LogP contribution in [0.1, 0.15) is 43.9 Å². The summed E-state index contributed by atoms with van der Waals surface area (Å²) in [5, 5.41) is 19.4. The number of ether oxygens (including phenoxy) is 2. The Morgan fingerprint density at radius 3 is 2.34 bits per heavy atom. The summed E-state index contributed by atoms with van der Waals surface area (Å²) in [4.78, 5) is 56.7. The lowest BCUT2D eigenvalue weighted by atomic mass is 9.92. The first kappa shape index (κ1) is 40.9. The van der Waals surface area contributed by atoms with Gasteiger partial charge in [0.25, 0.3) is 5.91 Å². The van der Waals surface area contributed by atoms with Crippen molar-refractivity contribution in [1.29, 1.82) is 0 Å². The van der Waals surface area contributed by atoms with E-state index in [0.29, 0.717) is 63.8 Å². The van der Waals surface area contributed by atoms with Crippen molar-refractivity contribution in [2.24, 2.45) is 11.8 Å². The number of hydrogen-bond donors (Lipinski definition) is 2. The van der Waals surface area contributed by atoms with Crippen LogP contribution in [0.4, 0.5) is 4.39 Å². The molecule has 270 valence electrons. The van der Waals surface area contributed by atoms with Crippen LogP contribution in [-0.2, 0) is 30.5 Å². The number of benzene rings is 2. The van der Waals surface area contributed by atoms with Gasteiger partial charge in [0.2, 0.25) is 5.91 Å². The summed E-state index contributed by atoms with van der Waals surface area (Å²) in [6, 6.07) is 15.2. The molecule has 50 heavy (non-hydrogen) atoms. The summed E-state index contributed by atoms with van der Waals surface area (Å²) in [5.41, 5.74) is 0.630. The van der Waals surface area contributed by atoms with Gasteiger partial charge in [0.15, 0.2) is 5.69 Å². The minimum atomic E-state index is -0.981. The maximum Gasteiger partial charge on any atom is 0.373 e. The Balaban J connectivity index is 0.000000872. The third kappa shape index (κ3) is 11.7. The van der Waals surface area contributed by atoms with Crippen molar-refractivity contribution >= 4 is 23.9 Å². The molecule has 3 heterocycles. The van der Waals surface area contributed by atoms with Crippen molar-refractivity contribution in [2.45, 2.75) is 40.3 Å². The van der Waals surface area contributed by atoms with Crippen molar-refractivity contribution in [3.8, 4) is 11.4 Å². The van der Waals surface area contributed by atoms with Crippen molar-refractivity contribution < 1.29 is 42.9 Å². The molecule has 14 nitrogen and oxygen atoms in total. The number of carboxylic acid groups (broad SMARTS) is 1. The van der Waals surface area contributed by atoms with E-state index >= 15 is 0 Å². The standard InChI is InChI=1S/C30H37FN6O4.C3H4O2.CO2.CH4/c1-21(2)19-36(23-16-22(17-32-18-23)29(38)35-12-14-40-15-13-35)30(39)28-27(20-41-24-8-4-3-5-9-24)37(34-33-28)26-11-7-6-10-25(26)31;1-2-3(4)5;2-1-3;/h3-11,21-23,32H,12-20H2,1-2H3;2H,1H2,(H,4,5);;1H4/t22-,23+;;;/m1.../s1. The second kappa shape index (κ2) is 21.0. The van der Waals surface area contributed by atoms with Gasteiger partial charge in [-0.25, -0.2) is 13.9 Å². The van der Waals surface area contributed by atoms with Crippen LogP contribution >= 0.6 is 0 Å². The number of rotatable bonds is 10. The van der Waals surface area contributed by atoms with Gasteiger partial charge in [-0.1, -0.05) is 63.4 Å². The largest absolute Gasteiger partial charge is 0.487 e. The fraction of sp³-hybridized carbons (Fsp3) is 0.429. The number of hydrogen-bond acceptors (Lipinski definition) is 10. The normalized spacial score (nSPS) is 16.6. The molecule has 3 aromatic rings. The number of piperidine rings is 1. The monoisotopic (exact) mass is 696 g/mol. The molecule has 2 N–H and O–H groups in total. The van der Waals surface area contributed by atoms with Crippen LogP contribution < -0.4 is 10.1 Å². The molecule has 1 aromatic heterocycles. The number of aromatic nitrogens is 3. The number of halogens is 1. The van der Waals surface area contributed by atoms with E-state index in [-0.39, 0.29) is 61.3 Å². The summed E-state index contributed by atoms with van der Waals surface area (Å²) in [6.07, 6.45) is 1.62. The minimum absolute atomic E-state index is 0. The molecule has 2 fully saturated rings. The molecule has 2 atom stereocenters. The van der Waals surface area contributed by atoms with Crippen LogP contribution in [0.5, 0.6) is 5.75 Å². The molecule has 15 heteroatoms. The molecular weight excluding hydrogens is 651 g/mol. The van der Waals surface area contributed by atoms with Gasteiger partial charge < -0.3 is 29.7 Å². The molecular formula is C35H45FN6O8. The van der Waals surface area contributed by atoms with Gasteiger partial charge in [-0.15, -0.1) is 5.10 Å². The average Bonchev–Trinajstić information content (AvgIpc) is 3.54. The molecule has 0 spiro atoms. The summed E-state index contributed by atoms with van der Waals surface area (Å²) in [6.45, 7) is 10.8. The van der Waals surface area contributed by atoms with Crippen molar-refractivity contribution in [1.82, 2.24) is 30.1 Å². The predicted molar refractivity (Wildman–Crippen MR) is 180 cm³/mol. The first-order chi connectivity index (χ1) is 23.6. The maximum atomic E-state index is 14.8. The zero-order chi connectivity index (χ0) is 35.8. The Bertz CT molecular complexity index is 1570. The summed E-state index contributed by atoms with van der Waals surface area (Å²) in [7, 11) is 0. The molecule has 2 aromatic carbocycles. The summed E-state index contributed by atoms with van der Waals surface area (Å²) < 4.78 is 27.6. The fourth-order valence-corrected chi connectivity index (χ4v) is 5.40. The van der Waals surface area contributed by atoms with Crippen LogP contribution in [0, 0.1) is 17.7 Å². The minimum Gasteiger partial charge on any atom is -0.487 e. The highest BCUT2D eigenvalue weighted by Crippen LogP contribution is 2.25. The van der Waals surface area contributed by atoms with E-state index in [0.717, 1.165) is 6.08 Å². The van der Waals surface area contributed by atoms with Gasteiger partial charge in [0.1, 0.15) is 29.6 Å². The number of para-hydroxylation sites is 2. The highest BCUT2D eigenvalue weighted by Gasteiger charge is 2.37. The van der Waals surface area contributed by atoms with E-state index in [9.17, 15) is 18.8 Å². The lowest BCUT2D eigenvalue weighted by Crippen LogP contribution is -2.56. The van der Waals surface area contributed by atoms with Gasteiger partial charge in [0.05, 0.1) is 19.1 Å². The smallest absolute Gasteiger partial charge is 0.373 e. The van der Waals surface area contributed by atoms with Crippen LogP contribution in [-0.4, -0.2) is 106 Å². The molecule has 5 rings (SSSR count). The third-order valence-electron chi connectivity index (χ3n) is 7.60. The Hall–Kier alpha value is -5.24. The molecule has 0 bridgehead atoms. The highest BCUT2D eigenvalue weighted by atomic mass is 19.1. The van der Waals surface area contributed by atoms with E-state index in [1.807, 2.05) is 49.1 Å². The Morgan fingerprint density at radius 1 is 1.12 bits per heavy atom. The zero-order valence-electron chi connectivity index (χ0n) is 27.5. The van der Waals surface area contributed by atoms with Crippen LogP contribution in [0.15, 0.2) is 67.3 Å². The second-order valence-electron chi connectivity index (χ2n) is 11.5. The quantitative estimate of drug-likeness (QED) is 0.298. The number of carbonyl (C=O) groups excluding carboxylic acids is 4. The number of carboxylic acids is 1. The molecule has 0 unspecified atom stereocenters. The second-order valence-corrected chi connectivity index (χ2v) is 11.5. The SMILES string of the molecule is C.C=CC(=O)O.CC(C)CN(C(=O)c1nnn(-c2ccccc2F)c1COc1ccccc1)[C@@H]1CNC[C@H](C(=O)N2CCOCC2)C1.O=C=O. The molecule has 0 radical (unpaired) electrons. The topological polar surface area (TPSA) is 173 Å². The van der Waals surface area contributed by atoms with Gasteiger partial charge in [-0.05, 0) is 36.6 Å². The first-order valence-corrected chi connectivity index (χ1v) is 15.7. The zero-order valence-corrected chi connectivity index (χ0v) is 27.5. The van der Waals surface area contributed by atoms with Crippen LogP contribution in [0.3, 0.4) is 0 Å². The summed E-state index contributed by atoms with van der Waals surface area (Å²) >= 11 is 0. The van der Waals surface area contributed by atoms with E-state index < -0.39 is 11.8 Å². The number of nitrogens with zero attached hydrogens (tertiary/aromatic N) is 5. The molecule has 2 amide bonds. The number of aliphatic carboxylic acids is 1. The van der Waals surface area contributed by atoms with Crippen molar-refractivity contribution in [3.63, 3.8) is 0 Å². The maximum absolute atomic E-state index is 14.8. The van der Waals surface area contributed by atoms with Crippen LogP contribution in [0.25, 0.3) is 5.69 Å². The average molecular weight is 697 g/mol. The van der Waals surface area contributed by atoms with Gasteiger partial charge in [-0.2, -0.15) is 9.59 Å². The fourth-order valence-electron chi connectivity index (χ4n) is 5.40. The highest BCUT2D eigenvalue weighted by molar-refractivity contribution is 5.94. The van der Waals surface area contributed by atoms with E-state index in [4.69, 9.17) is 24.2 Å². The Kier molecular flexibility index (Phi) is 17.2. The van der Waals surface area contributed by atoms with Crippen LogP contribution in [0.2, 0.25) is 0 Å². The molecule has 0 aliphatic carbocycles. The Labute approximate surface area is 290 Å². The molecule has 2 aliphatic heterocycles. The first-order valence-electron chi connectivity index (χ1n) is 15.7. The summed E-state index contributed by atoms with van der Waals surface area (Å²) in [5.74, 6) is -1.18. The predicted octanol–water partition coefficient (Wildman–Crippen LogP) is 3.23. The van der Waals surface area contributed by atoms with Gasteiger partial charge in [0, 0.05) is 44.8 Å². The third-order valence-corrected chi connectivity index (χ3v) is 7.60.